The van der Waals surface area contributed by atoms with E-state index in [0.29, 0.717) is 12.1 Å². The lowest BCUT2D eigenvalue weighted by atomic mass is 10.2. The van der Waals surface area contributed by atoms with Crippen LogP contribution >= 0.6 is 0 Å². The molecule has 0 saturated heterocycles. The van der Waals surface area contributed by atoms with Crippen LogP contribution in [0, 0.1) is 25.5 Å². The summed E-state index contributed by atoms with van der Waals surface area (Å²) in [6.07, 6.45) is 0. The van der Waals surface area contributed by atoms with Gasteiger partial charge in [-0.3, -0.25) is 4.98 Å². The predicted octanol–water partition coefficient (Wildman–Crippen LogP) is 3.59. The highest BCUT2D eigenvalue weighted by molar-refractivity contribution is 5.48. The highest BCUT2D eigenvalue weighted by Gasteiger charge is 2.03. The zero-order valence-electron chi connectivity index (χ0n) is 10.3. The van der Waals surface area contributed by atoms with E-state index in [1.807, 2.05) is 26.0 Å². The smallest absolute Gasteiger partial charge is 0.159 e. The Balaban J connectivity index is 2.09. The molecule has 0 aliphatic carbocycles. The average Bonchev–Trinajstić information content (AvgIpc) is 2.32. The Morgan fingerprint density at radius 2 is 1.83 bits per heavy atom. The van der Waals surface area contributed by atoms with Gasteiger partial charge in [-0.2, -0.15) is 0 Å². The normalized spacial score (nSPS) is 10.4. The van der Waals surface area contributed by atoms with Crippen molar-refractivity contribution >= 4 is 5.69 Å². The van der Waals surface area contributed by atoms with E-state index in [1.54, 1.807) is 6.07 Å². The van der Waals surface area contributed by atoms with Gasteiger partial charge in [0.2, 0.25) is 0 Å². The Hall–Kier alpha value is -1.97. The summed E-state index contributed by atoms with van der Waals surface area (Å²) in [7, 11) is 0. The quantitative estimate of drug-likeness (QED) is 0.897. The lowest BCUT2D eigenvalue weighted by molar-refractivity contribution is 0.507. The molecular formula is C14H14F2N2. The standard InChI is InChI=1S/C14H14F2N2/c1-9-3-6-14(10(2)18-9)17-8-11-4-5-12(15)13(16)7-11/h3-7,17H,8H2,1-2H3. The summed E-state index contributed by atoms with van der Waals surface area (Å²) in [5, 5.41) is 3.15. The molecule has 1 heterocycles. The second-order valence-corrected chi connectivity index (χ2v) is 4.19. The van der Waals surface area contributed by atoms with Crippen LogP contribution in [0.3, 0.4) is 0 Å². The fraction of sp³-hybridized carbons (Fsp3) is 0.214. The third-order valence-electron chi connectivity index (χ3n) is 2.69. The fourth-order valence-electron chi connectivity index (χ4n) is 1.72. The lowest BCUT2D eigenvalue weighted by Crippen LogP contribution is -2.03. The monoisotopic (exact) mass is 248 g/mol. The van der Waals surface area contributed by atoms with Gasteiger partial charge < -0.3 is 5.32 Å². The SMILES string of the molecule is Cc1ccc(NCc2ccc(F)c(F)c2)c(C)n1. The van der Waals surface area contributed by atoms with E-state index in [1.165, 1.54) is 6.07 Å². The summed E-state index contributed by atoms with van der Waals surface area (Å²) in [5.74, 6) is -1.65. The van der Waals surface area contributed by atoms with Gasteiger partial charge in [0.25, 0.3) is 0 Å². The maximum absolute atomic E-state index is 13.0. The van der Waals surface area contributed by atoms with Gasteiger partial charge in [-0.1, -0.05) is 6.07 Å². The molecule has 0 amide bonds. The molecule has 0 aliphatic rings. The molecule has 2 nitrogen and oxygen atoms in total. The van der Waals surface area contributed by atoms with Crippen LogP contribution in [0.15, 0.2) is 30.3 Å². The molecule has 2 aromatic rings. The van der Waals surface area contributed by atoms with Crippen molar-refractivity contribution in [2.75, 3.05) is 5.32 Å². The zero-order valence-corrected chi connectivity index (χ0v) is 10.3. The van der Waals surface area contributed by atoms with Crippen molar-refractivity contribution in [1.82, 2.24) is 4.98 Å². The molecule has 1 aromatic carbocycles. The first-order valence-corrected chi connectivity index (χ1v) is 5.68. The van der Waals surface area contributed by atoms with Crippen LogP contribution in [0.4, 0.5) is 14.5 Å². The van der Waals surface area contributed by atoms with E-state index >= 15 is 0 Å². The summed E-state index contributed by atoms with van der Waals surface area (Å²) in [6.45, 7) is 4.26. The van der Waals surface area contributed by atoms with Crippen molar-refractivity contribution in [2.45, 2.75) is 20.4 Å². The van der Waals surface area contributed by atoms with E-state index < -0.39 is 11.6 Å². The molecular weight excluding hydrogens is 234 g/mol. The molecule has 0 aliphatic heterocycles. The Morgan fingerprint density at radius 3 is 2.50 bits per heavy atom. The van der Waals surface area contributed by atoms with E-state index in [-0.39, 0.29) is 0 Å². The van der Waals surface area contributed by atoms with Crippen LogP contribution < -0.4 is 5.32 Å². The molecule has 4 heteroatoms. The molecule has 0 radical (unpaired) electrons. The van der Waals surface area contributed by atoms with Gasteiger partial charge in [0.15, 0.2) is 11.6 Å². The maximum atomic E-state index is 13.0. The molecule has 1 aromatic heterocycles. The van der Waals surface area contributed by atoms with Crippen molar-refractivity contribution in [3.63, 3.8) is 0 Å². The Labute approximate surface area is 105 Å². The van der Waals surface area contributed by atoms with Crippen LogP contribution in [0.1, 0.15) is 17.0 Å². The molecule has 94 valence electrons. The van der Waals surface area contributed by atoms with Gasteiger partial charge in [0.1, 0.15) is 0 Å². The topological polar surface area (TPSA) is 24.9 Å². The average molecular weight is 248 g/mol. The first kappa shape index (κ1) is 12.5. The van der Waals surface area contributed by atoms with Crippen LogP contribution in [-0.2, 0) is 6.54 Å². The van der Waals surface area contributed by atoms with Crippen molar-refractivity contribution in [3.05, 3.63) is 58.9 Å². The highest BCUT2D eigenvalue weighted by Crippen LogP contribution is 2.15. The van der Waals surface area contributed by atoms with Crippen LogP contribution in [0.2, 0.25) is 0 Å². The molecule has 1 N–H and O–H groups in total. The minimum absolute atomic E-state index is 0.433. The first-order chi connectivity index (χ1) is 8.56. The Kier molecular flexibility index (Phi) is 3.55. The summed E-state index contributed by atoms with van der Waals surface area (Å²) in [6, 6.07) is 7.71. The third-order valence-corrected chi connectivity index (χ3v) is 2.69. The molecule has 0 spiro atoms. The second kappa shape index (κ2) is 5.12. The summed E-state index contributed by atoms with van der Waals surface area (Å²) in [5.41, 5.74) is 3.42. The second-order valence-electron chi connectivity index (χ2n) is 4.19. The van der Waals surface area contributed by atoms with Crippen LogP contribution in [-0.4, -0.2) is 4.98 Å². The van der Waals surface area contributed by atoms with E-state index in [2.05, 4.69) is 10.3 Å². The Morgan fingerprint density at radius 1 is 1.06 bits per heavy atom. The lowest BCUT2D eigenvalue weighted by Gasteiger charge is -2.09. The highest BCUT2D eigenvalue weighted by atomic mass is 19.2. The number of rotatable bonds is 3. The van der Waals surface area contributed by atoms with Gasteiger partial charge in [-0.15, -0.1) is 0 Å². The molecule has 2 rings (SSSR count). The van der Waals surface area contributed by atoms with Gasteiger partial charge in [-0.25, -0.2) is 8.78 Å². The van der Waals surface area contributed by atoms with Gasteiger partial charge in [0, 0.05) is 12.2 Å². The van der Waals surface area contributed by atoms with Gasteiger partial charge >= 0.3 is 0 Å². The number of nitrogens with zero attached hydrogens (tertiary/aromatic N) is 1. The number of halogens is 2. The number of hydrogen-bond donors (Lipinski definition) is 1. The number of pyridine rings is 1. The number of hydrogen-bond acceptors (Lipinski definition) is 2. The minimum Gasteiger partial charge on any atom is -0.380 e. The molecule has 0 atom stereocenters. The molecule has 0 unspecified atom stereocenters. The van der Waals surface area contributed by atoms with Crippen molar-refractivity contribution < 1.29 is 8.78 Å². The van der Waals surface area contributed by atoms with Crippen LogP contribution in [0.5, 0.6) is 0 Å². The fourth-order valence-corrected chi connectivity index (χ4v) is 1.72. The van der Waals surface area contributed by atoms with Gasteiger partial charge in [-0.05, 0) is 43.7 Å². The molecule has 0 fully saturated rings. The van der Waals surface area contributed by atoms with E-state index in [0.717, 1.165) is 23.1 Å². The third kappa shape index (κ3) is 2.83. The zero-order chi connectivity index (χ0) is 13.1. The minimum atomic E-state index is -0.827. The summed E-state index contributed by atoms with van der Waals surface area (Å²) < 4.78 is 25.8. The van der Waals surface area contributed by atoms with E-state index in [9.17, 15) is 8.78 Å². The summed E-state index contributed by atoms with van der Waals surface area (Å²) in [4.78, 5) is 4.32. The maximum Gasteiger partial charge on any atom is 0.159 e. The largest absolute Gasteiger partial charge is 0.380 e. The predicted molar refractivity (Wildman–Crippen MR) is 67.4 cm³/mol. The number of aryl methyl sites for hydroxylation is 2. The van der Waals surface area contributed by atoms with E-state index in [4.69, 9.17) is 0 Å². The van der Waals surface area contributed by atoms with Crippen molar-refractivity contribution in [1.29, 1.82) is 0 Å². The number of nitrogens with one attached hydrogen (secondary N) is 1. The first-order valence-electron chi connectivity index (χ1n) is 5.68. The number of benzene rings is 1. The van der Waals surface area contributed by atoms with Crippen molar-refractivity contribution in [3.8, 4) is 0 Å². The number of aromatic nitrogens is 1. The Bertz CT molecular complexity index is 568. The van der Waals surface area contributed by atoms with Gasteiger partial charge in [0.05, 0.1) is 11.4 Å². The summed E-state index contributed by atoms with van der Waals surface area (Å²) >= 11 is 0. The molecule has 0 saturated carbocycles. The molecule has 0 bridgehead atoms. The molecule has 18 heavy (non-hydrogen) atoms. The number of anilines is 1. The van der Waals surface area contributed by atoms with Crippen LogP contribution in [0.25, 0.3) is 0 Å². The van der Waals surface area contributed by atoms with Crippen molar-refractivity contribution in [2.24, 2.45) is 0 Å².